The predicted molar refractivity (Wildman–Crippen MR) is 208 cm³/mol. The standard InChI is InChI=1S/C48H30/c1-4-15-41-31(10-1)20-25-39-30-47(44-18-7-8-19-45(44)48(39)41)38-24-23-34-26-33(21-22-35(34)28-38)32-12-9-13-36(27-32)46-29-37-11-2-3-14-40(37)42-16-5-6-17-43(42)46/h1-30H. The molecule has 0 heteroatoms. The molecular formula is C48H30. The van der Waals surface area contributed by atoms with Gasteiger partial charge in [0.15, 0.2) is 0 Å². The van der Waals surface area contributed by atoms with E-state index in [-0.39, 0.29) is 0 Å². The fourth-order valence-electron chi connectivity index (χ4n) is 7.87. The molecule has 0 saturated heterocycles. The monoisotopic (exact) mass is 606 g/mol. The average Bonchev–Trinajstić information content (AvgIpc) is 3.16. The van der Waals surface area contributed by atoms with Crippen molar-refractivity contribution in [1.82, 2.24) is 0 Å². The molecule has 10 rings (SSSR count). The van der Waals surface area contributed by atoms with Gasteiger partial charge in [-0.3, -0.25) is 0 Å². The highest BCUT2D eigenvalue weighted by Gasteiger charge is 2.13. The van der Waals surface area contributed by atoms with Crippen molar-refractivity contribution < 1.29 is 0 Å². The lowest BCUT2D eigenvalue weighted by molar-refractivity contribution is 1.62. The van der Waals surface area contributed by atoms with Crippen LogP contribution in [0.5, 0.6) is 0 Å². The van der Waals surface area contributed by atoms with E-state index < -0.39 is 0 Å². The van der Waals surface area contributed by atoms with Crippen LogP contribution in [-0.2, 0) is 0 Å². The fraction of sp³-hybridized carbons (Fsp3) is 0. The highest BCUT2D eigenvalue weighted by Crippen LogP contribution is 2.40. The Morgan fingerprint density at radius 1 is 0.208 bits per heavy atom. The number of benzene rings is 10. The molecule has 10 aromatic rings. The molecule has 0 amide bonds. The molecule has 0 nitrogen and oxygen atoms in total. The SMILES string of the molecule is c1cc(-c2ccc3cc(-c4cc5ccc6ccccc6c5c5ccccc45)ccc3c2)cc(-c2cc3ccccc3c3ccccc23)c1. The van der Waals surface area contributed by atoms with Gasteiger partial charge in [0.05, 0.1) is 0 Å². The van der Waals surface area contributed by atoms with Gasteiger partial charge in [-0.1, -0.05) is 152 Å². The van der Waals surface area contributed by atoms with E-state index in [1.807, 2.05) is 0 Å². The van der Waals surface area contributed by atoms with Crippen molar-refractivity contribution in [3.05, 3.63) is 182 Å². The molecule has 0 saturated carbocycles. The van der Waals surface area contributed by atoms with E-state index in [2.05, 4.69) is 182 Å². The fourth-order valence-corrected chi connectivity index (χ4v) is 7.87. The minimum Gasteiger partial charge on any atom is -0.0616 e. The van der Waals surface area contributed by atoms with E-state index in [1.54, 1.807) is 0 Å². The van der Waals surface area contributed by atoms with Crippen LogP contribution in [0, 0.1) is 0 Å². The van der Waals surface area contributed by atoms with Gasteiger partial charge in [0.1, 0.15) is 0 Å². The van der Waals surface area contributed by atoms with Crippen molar-refractivity contribution in [2.45, 2.75) is 0 Å². The Morgan fingerprint density at radius 2 is 0.688 bits per heavy atom. The van der Waals surface area contributed by atoms with E-state index >= 15 is 0 Å². The smallest absolute Gasteiger partial charge is 0.00264 e. The summed E-state index contributed by atoms with van der Waals surface area (Å²) in [5.41, 5.74) is 7.48. The summed E-state index contributed by atoms with van der Waals surface area (Å²) in [6.45, 7) is 0. The third kappa shape index (κ3) is 4.24. The molecule has 48 heavy (non-hydrogen) atoms. The first-order valence-electron chi connectivity index (χ1n) is 16.7. The molecule has 0 heterocycles. The highest BCUT2D eigenvalue weighted by atomic mass is 14.2. The van der Waals surface area contributed by atoms with E-state index in [0.717, 1.165) is 0 Å². The summed E-state index contributed by atoms with van der Waals surface area (Å²) in [6.07, 6.45) is 0. The quantitative estimate of drug-likeness (QED) is 0.176. The van der Waals surface area contributed by atoms with Crippen LogP contribution >= 0.6 is 0 Å². The molecule has 0 aliphatic heterocycles. The summed E-state index contributed by atoms with van der Waals surface area (Å²) in [7, 11) is 0. The molecule has 0 aromatic heterocycles. The summed E-state index contributed by atoms with van der Waals surface area (Å²) < 4.78 is 0. The predicted octanol–water partition coefficient (Wildman–Crippen LogP) is 13.6. The summed E-state index contributed by atoms with van der Waals surface area (Å²) in [5, 5.41) is 15.4. The molecule has 0 N–H and O–H groups in total. The van der Waals surface area contributed by atoms with E-state index in [1.165, 1.54) is 98.0 Å². The largest absolute Gasteiger partial charge is 0.0616 e. The van der Waals surface area contributed by atoms with Gasteiger partial charge in [-0.25, -0.2) is 0 Å². The Kier molecular flexibility index (Phi) is 5.98. The molecular weight excluding hydrogens is 577 g/mol. The Balaban J connectivity index is 1.08. The van der Waals surface area contributed by atoms with Gasteiger partial charge in [-0.15, -0.1) is 0 Å². The van der Waals surface area contributed by atoms with Crippen LogP contribution in [0.2, 0.25) is 0 Å². The van der Waals surface area contributed by atoms with Crippen LogP contribution < -0.4 is 0 Å². The Labute approximate surface area is 279 Å². The van der Waals surface area contributed by atoms with Crippen LogP contribution in [0.3, 0.4) is 0 Å². The van der Waals surface area contributed by atoms with Gasteiger partial charge < -0.3 is 0 Å². The van der Waals surface area contributed by atoms with Crippen molar-refractivity contribution >= 4 is 64.6 Å². The molecule has 0 bridgehead atoms. The highest BCUT2D eigenvalue weighted by molar-refractivity contribution is 6.23. The Bertz CT molecular complexity index is 2890. The first-order chi connectivity index (χ1) is 23.8. The van der Waals surface area contributed by atoms with Gasteiger partial charge in [0.25, 0.3) is 0 Å². The van der Waals surface area contributed by atoms with Gasteiger partial charge in [-0.05, 0) is 128 Å². The molecule has 10 aromatic carbocycles. The Hall–Kier alpha value is -6.24. The van der Waals surface area contributed by atoms with Gasteiger partial charge in [0.2, 0.25) is 0 Å². The van der Waals surface area contributed by atoms with Crippen LogP contribution in [0.15, 0.2) is 182 Å². The van der Waals surface area contributed by atoms with Crippen molar-refractivity contribution in [3.63, 3.8) is 0 Å². The molecule has 0 radical (unpaired) electrons. The summed E-state index contributed by atoms with van der Waals surface area (Å²) in [4.78, 5) is 0. The van der Waals surface area contributed by atoms with Gasteiger partial charge in [-0.2, -0.15) is 0 Å². The second-order valence-electron chi connectivity index (χ2n) is 12.9. The summed E-state index contributed by atoms with van der Waals surface area (Å²) >= 11 is 0. The minimum atomic E-state index is 1.23. The van der Waals surface area contributed by atoms with Crippen LogP contribution in [0.1, 0.15) is 0 Å². The second kappa shape index (κ2) is 10.7. The van der Waals surface area contributed by atoms with Crippen molar-refractivity contribution in [2.24, 2.45) is 0 Å². The van der Waals surface area contributed by atoms with Gasteiger partial charge in [0, 0.05) is 0 Å². The van der Waals surface area contributed by atoms with Crippen molar-refractivity contribution in [1.29, 1.82) is 0 Å². The van der Waals surface area contributed by atoms with Crippen LogP contribution in [0.25, 0.3) is 98.0 Å². The van der Waals surface area contributed by atoms with Crippen LogP contribution in [-0.4, -0.2) is 0 Å². The lowest BCUT2D eigenvalue weighted by Gasteiger charge is -2.14. The zero-order valence-corrected chi connectivity index (χ0v) is 26.3. The summed E-state index contributed by atoms with van der Waals surface area (Å²) in [5.74, 6) is 0. The topological polar surface area (TPSA) is 0 Å². The van der Waals surface area contributed by atoms with Crippen molar-refractivity contribution in [3.8, 4) is 33.4 Å². The first kappa shape index (κ1) is 26.9. The van der Waals surface area contributed by atoms with Crippen molar-refractivity contribution in [2.75, 3.05) is 0 Å². The van der Waals surface area contributed by atoms with E-state index in [9.17, 15) is 0 Å². The van der Waals surface area contributed by atoms with E-state index in [4.69, 9.17) is 0 Å². The minimum absolute atomic E-state index is 1.23. The lowest BCUT2D eigenvalue weighted by Crippen LogP contribution is -1.87. The molecule has 0 unspecified atom stereocenters. The maximum atomic E-state index is 2.38. The molecule has 0 atom stereocenters. The zero-order valence-electron chi connectivity index (χ0n) is 26.3. The Morgan fingerprint density at radius 3 is 1.48 bits per heavy atom. The third-order valence-corrected chi connectivity index (χ3v) is 10.2. The molecule has 0 spiro atoms. The normalized spacial score (nSPS) is 11.8. The zero-order chi connectivity index (χ0) is 31.6. The molecule has 222 valence electrons. The van der Waals surface area contributed by atoms with E-state index in [0.29, 0.717) is 0 Å². The lowest BCUT2D eigenvalue weighted by atomic mass is 9.89. The maximum Gasteiger partial charge on any atom is -0.00264 e. The summed E-state index contributed by atoms with van der Waals surface area (Å²) in [6, 6.07) is 67.1. The third-order valence-electron chi connectivity index (χ3n) is 10.2. The maximum absolute atomic E-state index is 2.38. The average molecular weight is 607 g/mol. The van der Waals surface area contributed by atoms with Crippen LogP contribution in [0.4, 0.5) is 0 Å². The molecule has 0 aliphatic rings. The number of fused-ring (bicyclic) bond motifs is 9. The van der Waals surface area contributed by atoms with Gasteiger partial charge >= 0.3 is 0 Å². The first-order valence-corrected chi connectivity index (χ1v) is 16.7. The number of rotatable bonds is 3. The number of hydrogen-bond donors (Lipinski definition) is 0. The molecule has 0 aliphatic carbocycles. The number of hydrogen-bond acceptors (Lipinski definition) is 0. The molecule has 0 fully saturated rings. The second-order valence-corrected chi connectivity index (χ2v) is 12.9.